The zero-order valence-corrected chi connectivity index (χ0v) is 7.92. The topological polar surface area (TPSA) is 55.1 Å². The van der Waals surface area contributed by atoms with Gasteiger partial charge in [-0.25, -0.2) is 0 Å². The lowest BCUT2D eigenvalue weighted by atomic mass is 10.1. The molecule has 1 aliphatic rings. The second-order valence-corrected chi connectivity index (χ2v) is 3.67. The summed E-state index contributed by atoms with van der Waals surface area (Å²) in [6, 6.07) is 0.0150. The summed E-state index contributed by atoms with van der Waals surface area (Å²) in [7, 11) is 0. The first-order chi connectivity index (χ1) is 6.13. The van der Waals surface area contributed by atoms with E-state index in [1.807, 2.05) is 0 Å². The molecule has 3 heteroatoms. The highest BCUT2D eigenvalue weighted by molar-refractivity contribution is 5.79. The van der Waals surface area contributed by atoms with Crippen LogP contribution in [0.4, 0.5) is 0 Å². The normalized spacial score (nSPS) is 29.3. The molecule has 1 saturated carbocycles. The average molecular weight is 180 g/mol. The molecule has 0 spiro atoms. The van der Waals surface area contributed by atoms with Crippen LogP contribution in [0.2, 0.25) is 0 Å². The maximum Gasteiger partial charge on any atom is 0.224 e. The minimum atomic E-state index is -0.177. The van der Waals surface area contributed by atoms with Crippen molar-refractivity contribution in [1.29, 1.82) is 0 Å². The third-order valence-corrected chi connectivity index (χ3v) is 2.45. The van der Waals surface area contributed by atoms with Crippen LogP contribution in [0.3, 0.4) is 0 Å². The summed E-state index contributed by atoms with van der Waals surface area (Å²) in [5.74, 6) is 2.60. The molecule has 0 aliphatic heterocycles. The van der Waals surface area contributed by atoms with E-state index in [-0.39, 0.29) is 23.9 Å². The highest BCUT2D eigenvalue weighted by Crippen LogP contribution is 2.24. The van der Waals surface area contributed by atoms with Crippen LogP contribution in [0.15, 0.2) is 0 Å². The van der Waals surface area contributed by atoms with Crippen molar-refractivity contribution in [3.63, 3.8) is 0 Å². The summed E-state index contributed by atoms with van der Waals surface area (Å²) in [4.78, 5) is 11.5. The summed E-state index contributed by atoms with van der Waals surface area (Å²) in [5, 5.41) is 2.76. The number of hydrogen-bond acceptors (Lipinski definition) is 2. The molecule has 0 aromatic heterocycles. The van der Waals surface area contributed by atoms with Gasteiger partial charge in [-0.1, -0.05) is 5.92 Å². The Morgan fingerprint density at radius 3 is 2.85 bits per heavy atom. The SMILES string of the molecule is C#CC(C)NC(=O)C1CCC(N)C1. The third kappa shape index (κ3) is 2.74. The predicted octanol–water partition coefficient (Wildman–Crippen LogP) is 0.252. The Balaban J connectivity index is 2.37. The van der Waals surface area contributed by atoms with Crippen LogP contribution >= 0.6 is 0 Å². The third-order valence-electron chi connectivity index (χ3n) is 2.45. The molecule has 3 unspecified atom stereocenters. The molecule has 0 aromatic rings. The Morgan fingerprint density at radius 2 is 2.38 bits per heavy atom. The summed E-state index contributed by atoms with van der Waals surface area (Å²) in [6.45, 7) is 1.80. The van der Waals surface area contributed by atoms with Crippen molar-refractivity contribution in [2.24, 2.45) is 11.7 Å². The number of amides is 1. The largest absolute Gasteiger partial charge is 0.343 e. The van der Waals surface area contributed by atoms with Gasteiger partial charge in [-0.2, -0.15) is 0 Å². The molecular weight excluding hydrogens is 164 g/mol. The van der Waals surface area contributed by atoms with E-state index < -0.39 is 0 Å². The number of hydrogen-bond donors (Lipinski definition) is 2. The van der Waals surface area contributed by atoms with Crippen LogP contribution in [0.5, 0.6) is 0 Å². The van der Waals surface area contributed by atoms with Crippen molar-refractivity contribution in [3.05, 3.63) is 0 Å². The first-order valence-electron chi connectivity index (χ1n) is 4.65. The smallest absolute Gasteiger partial charge is 0.224 e. The van der Waals surface area contributed by atoms with Crippen LogP contribution in [0.25, 0.3) is 0 Å². The first kappa shape index (κ1) is 10.1. The van der Waals surface area contributed by atoms with Gasteiger partial charge in [0, 0.05) is 12.0 Å². The number of terminal acetylenes is 1. The van der Waals surface area contributed by atoms with Crippen molar-refractivity contribution >= 4 is 5.91 Å². The Hall–Kier alpha value is -1.01. The van der Waals surface area contributed by atoms with Crippen molar-refractivity contribution in [2.45, 2.75) is 38.3 Å². The van der Waals surface area contributed by atoms with Crippen molar-refractivity contribution in [3.8, 4) is 12.3 Å². The number of carbonyl (C=O) groups excluding carboxylic acids is 1. The maximum absolute atomic E-state index is 11.5. The number of rotatable bonds is 2. The highest BCUT2D eigenvalue weighted by atomic mass is 16.1. The molecular formula is C10H16N2O. The summed E-state index contributed by atoms with van der Waals surface area (Å²) >= 11 is 0. The van der Waals surface area contributed by atoms with E-state index >= 15 is 0 Å². The molecule has 1 rings (SSSR count). The predicted molar refractivity (Wildman–Crippen MR) is 51.8 cm³/mol. The Bertz CT molecular complexity index is 232. The molecule has 0 aromatic carbocycles. The highest BCUT2D eigenvalue weighted by Gasteiger charge is 2.27. The fourth-order valence-electron chi connectivity index (χ4n) is 1.63. The molecule has 0 saturated heterocycles. The lowest BCUT2D eigenvalue weighted by Crippen LogP contribution is -2.36. The van der Waals surface area contributed by atoms with Gasteiger partial charge >= 0.3 is 0 Å². The molecule has 72 valence electrons. The molecule has 1 amide bonds. The molecule has 3 N–H and O–H groups in total. The standard InChI is InChI=1S/C10H16N2O/c1-3-7(2)12-10(13)8-4-5-9(11)6-8/h1,7-9H,4-6,11H2,2H3,(H,12,13). The zero-order valence-electron chi connectivity index (χ0n) is 7.92. The van der Waals surface area contributed by atoms with Gasteiger partial charge < -0.3 is 11.1 Å². The van der Waals surface area contributed by atoms with Gasteiger partial charge in [0.2, 0.25) is 5.91 Å². The van der Waals surface area contributed by atoms with E-state index in [4.69, 9.17) is 12.2 Å². The molecule has 3 nitrogen and oxygen atoms in total. The van der Waals surface area contributed by atoms with Gasteiger partial charge in [-0.3, -0.25) is 4.79 Å². The molecule has 13 heavy (non-hydrogen) atoms. The summed E-state index contributed by atoms with van der Waals surface area (Å²) < 4.78 is 0. The fourth-order valence-corrected chi connectivity index (χ4v) is 1.63. The van der Waals surface area contributed by atoms with Gasteiger partial charge in [0.15, 0.2) is 0 Å². The van der Waals surface area contributed by atoms with Gasteiger partial charge in [0.25, 0.3) is 0 Å². The number of nitrogens with one attached hydrogen (secondary N) is 1. The second kappa shape index (κ2) is 4.29. The average Bonchev–Trinajstić information content (AvgIpc) is 2.51. The minimum absolute atomic E-state index is 0.0541. The minimum Gasteiger partial charge on any atom is -0.343 e. The van der Waals surface area contributed by atoms with Gasteiger partial charge in [0.05, 0.1) is 6.04 Å². The first-order valence-corrected chi connectivity index (χ1v) is 4.65. The monoisotopic (exact) mass is 180 g/mol. The lowest BCUT2D eigenvalue weighted by Gasteiger charge is -2.12. The number of carbonyl (C=O) groups is 1. The Kier molecular flexibility index (Phi) is 3.32. The van der Waals surface area contributed by atoms with Crippen LogP contribution in [0, 0.1) is 18.3 Å². The van der Waals surface area contributed by atoms with Gasteiger partial charge in [-0.15, -0.1) is 6.42 Å². The van der Waals surface area contributed by atoms with Crippen molar-refractivity contribution in [1.82, 2.24) is 5.32 Å². The van der Waals surface area contributed by atoms with E-state index in [0.29, 0.717) is 0 Å². The summed E-state index contributed by atoms with van der Waals surface area (Å²) in [5.41, 5.74) is 5.71. The Morgan fingerprint density at radius 1 is 1.69 bits per heavy atom. The van der Waals surface area contributed by atoms with E-state index in [2.05, 4.69) is 11.2 Å². The second-order valence-electron chi connectivity index (χ2n) is 3.67. The van der Waals surface area contributed by atoms with E-state index in [1.54, 1.807) is 6.92 Å². The van der Waals surface area contributed by atoms with Crippen LogP contribution < -0.4 is 11.1 Å². The van der Waals surface area contributed by atoms with E-state index in [0.717, 1.165) is 19.3 Å². The molecule has 1 aliphatic carbocycles. The van der Waals surface area contributed by atoms with Crippen molar-refractivity contribution < 1.29 is 4.79 Å². The van der Waals surface area contributed by atoms with Crippen LogP contribution in [-0.4, -0.2) is 18.0 Å². The van der Waals surface area contributed by atoms with Crippen LogP contribution in [-0.2, 0) is 4.79 Å². The van der Waals surface area contributed by atoms with E-state index in [1.165, 1.54) is 0 Å². The maximum atomic E-state index is 11.5. The lowest BCUT2D eigenvalue weighted by molar-refractivity contribution is -0.125. The fraction of sp³-hybridized carbons (Fsp3) is 0.700. The van der Waals surface area contributed by atoms with Crippen molar-refractivity contribution in [2.75, 3.05) is 0 Å². The number of nitrogens with two attached hydrogens (primary N) is 1. The van der Waals surface area contributed by atoms with E-state index in [9.17, 15) is 4.79 Å². The molecule has 0 bridgehead atoms. The quantitative estimate of drug-likeness (QED) is 0.599. The van der Waals surface area contributed by atoms with Crippen LogP contribution in [0.1, 0.15) is 26.2 Å². The molecule has 0 radical (unpaired) electrons. The molecule has 1 fully saturated rings. The summed E-state index contributed by atoms with van der Waals surface area (Å²) in [6.07, 6.45) is 7.79. The molecule has 0 heterocycles. The Labute approximate surface area is 79.1 Å². The molecule has 3 atom stereocenters. The van der Waals surface area contributed by atoms with Gasteiger partial charge in [-0.05, 0) is 26.2 Å². The zero-order chi connectivity index (χ0) is 9.84. The van der Waals surface area contributed by atoms with Gasteiger partial charge in [0.1, 0.15) is 0 Å².